The number of para-hydroxylation sites is 1. The van der Waals surface area contributed by atoms with Crippen LogP contribution in [0.4, 0.5) is 11.5 Å². The second-order valence-corrected chi connectivity index (χ2v) is 4.93. The van der Waals surface area contributed by atoms with Gasteiger partial charge in [0.1, 0.15) is 5.82 Å². The summed E-state index contributed by atoms with van der Waals surface area (Å²) < 4.78 is 0. The van der Waals surface area contributed by atoms with Gasteiger partial charge in [-0.2, -0.15) is 0 Å². The molecular formula is C16H18N4. The number of nitrogens with one attached hydrogen (secondary N) is 2. The van der Waals surface area contributed by atoms with Crippen LogP contribution < -0.4 is 11.1 Å². The first-order valence-electron chi connectivity index (χ1n) is 6.75. The molecule has 0 atom stereocenters. The molecule has 102 valence electrons. The molecule has 4 N–H and O–H groups in total. The van der Waals surface area contributed by atoms with Crippen molar-refractivity contribution in [2.75, 3.05) is 17.6 Å². The zero-order valence-corrected chi connectivity index (χ0v) is 11.5. The van der Waals surface area contributed by atoms with E-state index in [9.17, 15) is 0 Å². The smallest absolute Gasteiger partial charge is 0.149 e. The molecule has 0 saturated carbocycles. The van der Waals surface area contributed by atoms with Crippen molar-refractivity contribution < 1.29 is 0 Å². The minimum Gasteiger partial charge on any atom is -0.396 e. The molecule has 0 spiro atoms. The van der Waals surface area contributed by atoms with E-state index in [1.54, 1.807) is 6.20 Å². The first kappa shape index (κ1) is 12.5. The summed E-state index contributed by atoms with van der Waals surface area (Å²) in [5, 5.41) is 4.58. The van der Waals surface area contributed by atoms with Crippen molar-refractivity contribution >= 4 is 22.4 Å². The number of aromatic nitrogens is 2. The Bertz CT molecular complexity index is 730. The predicted molar refractivity (Wildman–Crippen MR) is 83.9 cm³/mol. The van der Waals surface area contributed by atoms with Crippen molar-refractivity contribution in [2.45, 2.75) is 13.3 Å². The van der Waals surface area contributed by atoms with Gasteiger partial charge in [-0.15, -0.1) is 0 Å². The van der Waals surface area contributed by atoms with Crippen LogP contribution in [-0.2, 0) is 6.42 Å². The van der Waals surface area contributed by atoms with Crippen molar-refractivity contribution in [3.05, 3.63) is 53.9 Å². The van der Waals surface area contributed by atoms with E-state index in [4.69, 9.17) is 5.73 Å². The third kappa shape index (κ3) is 2.32. The fourth-order valence-electron chi connectivity index (χ4n) is 2.36. The van der Waals surface area contributed by atoms with Crippen LogP contribution in [0.5, 0.6) is 0 Å². The minimum atomic E-state index is 0.728. The normalized spacial score (nSPS) is 10.8. The van der Waals surface area contributed by atoms with E-state index in [2.05, 4.69) is 39.7 Å². The second-order valence-electron chi connectivity index (χ2n) is 4.93. The standard InChI is InChI=1S/C16H18N4/c1-11-6-8-18-16(15(11)17)19-9-7-12-10-20-14-5-3-2-4-13(12)14/h2-6,8,10,20H,7,9,17H2,1H3,(H,18,19). The van der Waals surface area contributed by atoms with Gasteiger partial charge in [0.05, 0.1) is 5.69 Å². The molecule has 0 saturated heterocycles. The van der Waals surface area contributed by atoms with E-state index in [0.29, 0.717) is 0 Å². The average Bonchev–Trinajstić information content (AvgIpc) is 2.87. The summed E-state index contributed by atoms with van der Waals surface area (Å²) in [4.78, 5) is 7.57. The first-order chi connectivity index (χ1) is 9.75. The van der Waals surface area contributed by atoms with Crippen LogP contribution in [0.2, 0.25) is 0 Å². The molecule has 3 rings (SSSR count). The summed E-state index contributed by atoms with van der Waals surface area (Å²) in [7, 11) is 0. The number of hydrogen-bond donors (Lipinski definition) is 3. The van der Waals surface area contributed by atoms with Gasteiger partial charge in [0.15, 0.2) is 0 Å². The molecule has 0 fully saturated rings. The van der Waals surface area contributed by atoms with E-state index in [1.165, 1.54) is 16.5 Å². The van der Waals surface area contributed by atoms with Crippen molar-refractivity contribution in [2.24, 2.45) is 0 Å². The molecule has 2 heterocycles. The maximum atomic E-state index is 6.00. The number of hydrogen-bond acceptors (Lipinski definition) is 3. The van der Waals surface area contributed by atoms with E-state index < -0.39 is 0 Å². The maximum Gasteiger partial charge on any atom is 0.149 e. The van der Waals surface area contributed by atoms with Crippen LogP contribution in [0, 0.1) is 6.92 Å². The zero-order valence-electron chi connectivity index (χ0n) is 11.5. The fraction of sp³-hybridized carbons (Fsp3) is 0.188. The van der Waals surface area contributed by atoms with E-state index in [1.807, 2.05) is 19.1 Å². The highest BCUT2D eigenvalue weighted by molar-refractivity contribution is 5.83. The van der Waals surface area contributed by atoms with Crippen molar-refractivity contribution in [3.63, 3.8) is 0 Å². The monoisotopic (exact) mass is 266 g/mol. The summed E-state index contributed by atoms with van der Waals surface area (Å²) in [6, 6.07) is 10.2. The Hall–Kier alpha value is -2.49. The van der Waals surface area contributed by atoms with Gasteiger partial charge in [0.2, 0.25) is 0 Å². The number of pyridine rings is 1. The second kappa shape index (κ2) is 5.25. The highest BCUT2D eigenvalue weighted by Gasteiger charge is 2.05. The molecule has 0 aliphatic carbocycles. The van der Waals surface area contributed by atoms with E-state index in [0.717, 1.165) is 30.0 Å². The largest absolute Gasteiger partial charge is 0.396 e. The molecule has 3 aromatic rings. The lowest BCUT2D eigenvalue weighted by Gasteiger charge is -2.09. The molecular weight excluding hydrogens is 248 g/mol. The van der Waals surface area contributed by atoms with Crippen LogP contribution in [0.3, 0.4) is 0 Å². The number of nitrogen functional groups attached to an aromatic ring is 1. The summed E-state index contributed by atoms with van der Waals surface area (Å²) in [5.41, 5.74) is 10.3. The number of nitrogens with zero attached hydrogens (tertiary/aromatic N) is 1. The number of fused-ring (bicyclic) bond motifs is 1. The topological polar surface area (TPSA) is 66.7 Å². The van der Waals surface area contributed by atoms with Gasteiger partial charge in [0, 0.05) is 29.8 Å². The number of H-pyrrole nitrogens is 1. The lowest BCUT2D eigenvalue weighted by Crippen LogP contribution is -2.09. The molecule has 0 amide bonds. The van der Waals surface area contributed by atoms with E-state index in [-0.39, 0.29) is 0 Å². The third-order valence-electron chi connectivity index (χ3n) is 3.57. The molecule has 20 heavy (non-hydrogen) atoms. The number of aromatic amines is 1. The van der Waals surface area contributed by atoms with Crippen LogP contribution in [0.1, 0.15) is 11.1 Å². The van der Waals surface area contributed by atoms with Gasteiger partial charge in [-0.05, 0) is 36.6 Å². The van der Waals surface area contributed by atoms with Crippen LogP contribution >= 0.6 is 0 Å². The Kier molecular flexibility index (Phi) is 3.29. The molecule has 0 bridgehead atoms. The van der Waals surface area contributed by atoms with Gasteiger partial charge in [-0.25, -0.2) is 4.98 Å². The molecule has 0 aliphatic rings. The number of nitrogens with two attached hydrogens (primary N) is 1. The third-order valence-corrected chi connectivity index (χ3v) is 3.57. The molecule has 0 aliphatic heterocycles. The van der Waals surface area contributed by atoms with Gasteiger partial charge in [-0.1, -0.05) is 18.2 Å². The Morgan fingerprint density at radius 3 is 3.00 bits per heavy atom. The molecule has 4 heteroatoms. The summed E-state index contributed by atoms with van der Waals surface area (Å²) in [6.45, 7) is 2.80. The van der Waals surface area contributed by atoms with Gasteiger partial charge in [0.25, 0.3) is 0 Å². The lowest BCUT2D eigenvalue weighted by molar-refractivity contribution is 1.01. The number of rotatable bonds is 4. The van der Waals surface area contributed by atoms with Gasteiger partial charge in [-0.3, -0.25) is 0 Å². The minimum absolute atomic E-state index is 0.728. The SMILES string of the molecule is Cc1ccnc(NCCc2c[nH]c3ccccc23)c1N. The quantitative estimate of drug-likeness (QED) is 0.679. The Balaban J connectivity index is 1.70. The molecule has 0 radical (unpaired) electrons. The van der Waals surface area contributed by atoms with Crippen LogP contribution in [-0.4, -0.2) is 16.5 Å². The first-order valence-corrected chi connectivity index (χ1v) is 6.75. The zero-order chi connectivity index (χ0) is 13.9. The predicted octanol–water partition coefficient (Wildman–Crippen LogP) is 3.11. The fourth-order valence-corrected chi connectivity index (χ4v) is 2.36. The van der Waals surface area contributed by atoms with Gasteiger partial charge >= 0.3 is 0 Å². The average molecular weight is 266 g/mol. The summed E-state index contributed by atoms with van der Waals surface area (Å²) in [5.74, 6) is 0.768. The number of anilines is 2. The Morgan fingerprint density at radius 2 is 2.10 bits per heavy atom. The molecule has 2 aromatic heterocycles. The van der Waals surface area contributed by atoms with Crippen molar-refractivity contribution in [3.8, 4) is 0 Å². The lowest BCUT2D eigenvalue weighted by atomic mass is 10.1. The van der Waals surface area contributed by atoms with Crippen molar-refractivity contribution in [1.29, 1.82) is 0 Å². The Morgan fingerprint density at radius 1 is 1.25 bits per heavy atom. The van der Waals surface area contributed by atoms with Crippen LogP contribution in [0.15, 0.2) is 42.7 Å². The molecule has 0 unspecified atom stereocenters. The van der Waals surface area contributed by atoms with Gasteiger partial charge < -0.3 is 16.0 Å². The van der Waals surface area contributed by atoms with Crippen LogP contribution in [0.25, 0.3) is 10.9 Å². The summed E-state index contributed by atoms with van der Waals surface area (Å²) in [6.07, 6.45) is 4.78. The number of aryl methyl sites for hydroxylation is 1. The molecule has 1 aromatic carbocycles. The highest BCUT2D eigenvalue weighted by atomic mass is 15.0. The van der Waals surface area contributed by atoms with E-state index >= 15 is 0 Å². The number of benzene rings is 1. The van der Waals surface area contributed by atoms with Crippen molar-refractivity contribution in [1.82, 2.24) is 9.97 Å². The molecule has 4 nitrogen and oxygen atoms in total. The summed E-state index contributed by atoms with van der Waals surface area (Å²) >= 11 is 0. The highest BCUT2D eigenvalue weighted by Crippen LogP contribution is 2.20. The Labute approximate surface area is 118 Å². The maximum absolute atomic E-state index is 6.00.